The lowest BCUT2D eigenvalue weighted by atomic mass is 10.2. The Bertz CT molecular complexity index is 527. The zero-order valence-electron chi connectivity index (χ0n) is 11.1. The average Bonchev–Trinajstić information content (AvgIpc) is 2.39. The largest absolute Gasteiger partial charge is 0.354 e. The smallest absolute Gasteiger partial charge is 0.224 e. The first-order chi connectivity index (χ1) is 8.74. The van der Waals surface area contributed by atoms with Gasteiger partial charge in [-0.05, 0) is 19.4 Å². The zero-order chi connectivity index (χ0) is 13.0. The molecule has 0 bridgehead atoms. The number of fused-ring (bicyclic) bond motifs is 1. The molecule has 0 amide bonds. The van der Waals surface area contributed by atoms with E-state index in [-0.39, 0.29) is 0 Å². The molecule has 2 aromatic rings. The predicted octanol–water partition coefficient (Wildman–Crippen LogP) is 3.95. The van der Waals surface area contributed by atoms with E-state index in [2.05, 4.69) is 42.1 Å². The van der Waals surface area contributed by atoms with Crippen LogP contribution in [0.1, 0.15) is 27.2 Å². The molecule has 1 aromatic heterocycles. The van der Waals surface area contributed by atoms with Gasteiger partial charge in [0.15, 0.2) is 0 Å². The lowest BCUT2D eigenvalue weighted by Crippen LogP contribution is -2.04. The minimum Gasteiger partial charge on any atom is -0.354 e. The van der Waals surface area contributed by atoms with E-state index in [0.717, 1.165) is 34.8 Å². The zero-order valence-corrected chi connectivity index (χ0v) is 11.9. The molecule has 3 nitrogen and oxygen atoms in total. The second kappa shape index (κ2) is 6.05. The van der Waals surface area contributed by atoms with Crippen LogP contribution in [0.5, 0.6) is 0 Å². The Morgan fingerprint density at radius 3 is 2.72 bits per heavy atom. The standard InChI is InChI=1S/C14H19N3S/c1-4-10(3)18-13-11-8-6-7-9-12(11)16-14(17-13)15-5-2/h6-10H,4-5H2,1-3H3,(H,15,16,17). The minimum atomic E-state index is 0.567. The van der Waals surface area contributed by atoms with Crippen LogP contribution in [-0.2, 0) is 0 Å². The molecule has 1 atom stereocenters. The molecule has 1 heterocycles. The van der Waals surface area contributed by atoms with E-state index in [0.29, 0.717) is 5.25 Å². The first kappa shape index (κ1) is 13.1. The van der Waals surface area contributed by atoms with E-state index in [1.807, 2.05) is 30.0 Å². The van der Waals surface area contributed by atoms with Crippen LogP contribution in [-0.4, -0.2) is 21.8 Å². The number of para-hydroxylation sites is 1. The van der Waals surface area contributed by atoms with E-state index < -0.39 is 0 Å². The van der Waals surface area contributed by atoms with Gasteiger partial charge in [-0.2, -0.15) is 0 Å². The Kier molecular flexibility index (Phi) is 4.42. The summed E-state index contributed by atoms with van der Waals surface area (Å²) in [6, 6.07) is 8.19. The molecular weight excluding hydrogens is 242 g/mol. The number of thioether (sulfide) groups is 1. The highest BCUT2D eigenvalue weighted by molar-refractivity contribution is 8.00. The molecule has 0 saturated heterocycles. The van der Waals surface area contributed by atoms with Gasteiger partial charge in [-0.3, -0.25) is 0 Å². The first-order valence-corrected chi connectivity index (χ1v) is 7.29. The van der Waals surface area contributed by atoms with Gasteiger partial charge in [0, 0.05) is 17.2 Å². The van der Waals surface area contributed by atoms with Gasteiger partial charge >= 0.3 is 0 Å². The number of hydrogen-bond acceptors (Lipinski definition) is 4. The van der Waals surface area contributed by atoms with Crippen LogP contribution in [0.15, 0.2) is 29.3 Å². The van der Waals surface area contributed by atoms with Crippen molar-refractivity contribution in [1.29, 1.82) is 0 Å². The van der Waals surface area contributed by atoms with E-state index in [1.165, 1.54) is 0 Å². The Morgan fingerprint density at radius 2 is 2.00 bits per heavy atom. The summed E-state index contributed by atoms with van der Waals surface area (Å²) in [4.78, 5) is 9.14. The highest BCUT2D eigenvalue weighted by Crippen LogP contribution is 2.30. The number of rotatable bonds is 5. The topological polar surface area (TPSA) is 37.8 Å². The van der Waals surface area contributed by atoms with Gasteiger partial charge in [0.2, 0.25) is 5.95 Å². The molecule has 0 aliphatic rings. The number of hydrogen-bond donors (Lipinski definition) is 1. The molecule has 0 saturated carbocycles. The van der Waals surface area contributed by atoms with Gasteiger partial charge in [-0.25, -0.2) is 9.97 Å². The van der Waals surface area contributed by atoms with Crippen molar-refractivity contribution in [1.82, 2.24) is 9.97 Å². The summed E-state index contributed by atoms with van der Waals surface area (Å²) in [5.41, 5.74) is 1.01. The lowest BCUT2D eigenvalue weighted by molar-refractivity contribution is 0.901. The number of aromatic nitrogens is 2. The highest BCUT2D eigenvalue weighted by atomic mass is 32.2. The molecule has 0 radical (unpaired) electrons. The van der Waals surface area contributed by atoms with Gasteiger partial charge in [-0.1, -0.05) is 32.0 Å². The number of anilines is 1. The van der Waals surface area contributed by atoms with Crippen LogP contribution in [0.3, 0.4) is 0 Å². The van der Waals surface area contributed by atoms with Crippen LogP contribution < -0.4 is 5.32 Å². The van der Waals surface area contributed by atoms with Gasteiger partial charge < -0.3 is 5.32 Å². The van der Waals surface area contributed by atoms with E-state index in [9.17, 15) is 0 Å². The quantitative estimate of drug-likeness (QED) is 0.653. The molecular formula is C14H19N3S. The monoisotopic (exact) mass is 261 g/mol. The van der Waals surface area contributed by atoms with Crippen molar-refractivity contribution >= 4 is 28.6 Å². The van der Waals surface area contributed by atoms with Crippen LogP contribution in [0.25, 0.3) is 10.9 Å². The summed E-state index contributed by atoms with van der Waals surface area (Å²) >= 11 is 1.82. The van der Waals surface area contributed by atoms with Crippen molar-refractivity contribution < 1.29 is 0 Å². The molecule has 96 valence electrons. The Labute approximate surface area is 112 Å². The van der Waals surface area contributed by atoms with E-state index >= 15 is 0 Å². The predicted molar refractivity (Wildman–Crippen MR) is 79.3 cm³/mol. The molecule has 1 aromatic carbocycles. The third-order valence-corrected chi connectivity index (χ3v) is 4.06. The van der Waals surface area contributed by atoms with E-state index in [4.69, 9.17) is 0 Å². The molecule has 0 aliphatic carbocycles. The molecule has 1 N–H and O–H groups in total. The molecule has 18 heavy (non-hydrogen) atoms. The molecule has 0 fully saturated rings. The van der Waals surface area contributed by atoms with Crippen molar-refractivity contribution in [3.8, 4) is 0 Å². The van der Waals surface area contributed by atoms with Crippen molar-refractivity contribution in [2.24, 2.45) is 0 Å². The Morgan fingerprint density at radius 1 is 1.22 bits per heavy atom. The van der Waals surface area contributed by atoms with Crippen molar-refractivity contribution in [2.75, 3.05) is 11.9 Å². The van der Waals surface area contributed by atoms with Crippen LogP contribution in [0.2, 0.25) is 0 Å². The van der Waals surface area contributed by atoms with Crippen molar-refractivity contribution in [3.63, 3.8) is 0 Å². The SMILES string of the molecule is CCNc1nc(SC(C)CC)c2ccccc2n1. The maximum absolute atomic E-state index is 4.62. The third-order valence-electron chi connectivity index (χ3n) is 2.79. The molecule has 4 heteroatoms. The fourth-order valence-corrected chi connectivity index (χ4v) is 2.63. The van der Waals surface area contributed by atoms with Gasteiger partial charge in [-0.15, -0.1) is 11.8 Å². The van der Waals surface area contributed by atoms with Crippen molar-refractivity contribution in [3.05, 3.63) is 24.3 Å². The van der Waals surface area contributed by atoms with Crippen molar-refractivity contribution in [2.45, 2.75) is 37.5 Å². The summed E-state index contributed by atoms with van der Waals surface area (Å²) in [5.74, 6) is 0.724. The normalized spacial score (nSPS) is 12.6. The third kappa shape index (κ3) is 2.93. The fraction of sp³-hybridized carbons (Fsp3) is 0.429. The highest BCUT2D eigenvalue weighted by Gasteiger charge is 2.10. The Balaban J connectivity index is 2.46. The fourth-order valence-electron chi connectivity index (χ4n) is 1.65. The first-order valence-electron chi connectivity index (χ1n) is 6.41. The number of nitrogens with one attached hydrogen (secondary N) is 1. The molecule has 0 aliphatic heterocycles. The lowest BCUT2D eigenvalue weighted by Gasteiger charge is -2.11. The minimum absolute atomic E-state index is 0.567. The number of benzene rings is 1. The van der Waals surface area contributed by atoms with Crippen LogP contribution >= 0.6 is 11.8 Å². The van der Waals surface area contributed by atoms with E-state index in [1.54, 1.807) is 0 Å². The molecule has 1 unspecified atom stereocenters. The second-order valence-electron chi connectivity index (χ2n) is 4.24. The summed E-state index contributed by atoms with van der Waals surface area (Å²) in [5, 5.41) is 5.98. The maximum Gasteiger partial charge on any atom is 0.224 e. The number of nitrogens with zero attached hydrogens (tertiary/aromatic N) is 2. The maximum atomic E-state index is 4.62. The van der Waals surface area contributed by atoms with Gasteiger partial charge in [0.1, 0.15) is 5.03 Å². The summed E-state index contributed by atoms with van der Waals surface area (Å²) < 4.78 is 0. The molecule has 0 spiro atoms. The van der Waals surface area contributed by atoms with Gasteiger partial charge in [0.05, 0.1) is 5.52 Å². The summed E-state index contributed by atoms with van der Waals surface area (Å²) in [6.45, 7) is 7.33. The summed E-state index contributed by atoms with van der Waals surface area (Å²) in [6.07, 6.45) is 1.14. The Hall–Kier alpha value is -1.29. The van der Waals surface area contributed by atoms with Crippen LogP contribution in [0.4, 0.5) is 5.95 Å². The second-order valence-corrected chi connectivity index (χ2v) is 5.66. The summed E-state index contributed by atoms with van der Waals surface area (Å²) in [7, 11) is 0. The van der Waals surface area contributed by atoms with Crippen LogP contribution in [0, 0.1) is 0 Å². The average molecular weight is 261 g/mol. The molecule has 2 rings (SSSR count). The van der Waals surface area contributed by atoms with Gasteiger partial charge in [0.25, 0.3) is 0 Å².